The molecule has 1 aromatic rings. The van der Waals surface area contributed by atoms with Gasteiger partial charge in [-0.1, -0.05) is 0 Å². The summed E-state index contributed by atoms with van der Waals surface area (Å²) in [6.07, 6.45) is 1.42. The summed E-state index contributed by atoms with van der Waals surface area (Å²) in [4.78, 5) is 0. The van der Waals surface area contributed by atoms with Crippen LogP contribution in [0.2, 0.25) is 0 Å². The Balaban J connectivity index is 2.94. The summed E-state index contributed by atoms with van der Waals surface area (Å²) in [6, 6.07) is 1.53. The van der Waals surface area contributed by atoms with Gasteiger partial charge in [0.2, 0.25) is 0 Å². The first kappa shape index (κ1) is 6.39. The van der Waals surface area contributed by atoms with Crippen LogP contribution in [0.1, 0.15) is 5.76 Å². The van der Waals surface area contributed by atoms with E-state index in [9.17, 15) is 0 Å². The van der Waals surface area contributed by atoms with Gasteiger partial charge in [-0.2, -0.15) is 0 Å². The van der Waals surface area contributed by atoms with Crippen LogP contribution < -0.4 is 5.46 Å². The maximum absolute atomic E-state index is 8.59. The summed E-state index contributed by atoms with van der Waals surface area (Å²) in [5.74, 6) is 0.546. The van der Waals surface area contributed by atoms with Gasteiger partial charge in [-0.05, 0) is 13.0 Å². The highest BCUT2D eigenvalue weighted by Crippen LogP contribution is 1.93. The van der Waals surface area contributed by atoms with Crippen molar-refractivity contribution in [3.05, 3.63) is 18.1 Å². The molecule has 0 spiro atoms. The minimum atomic E-state index is -1.41. The largest absolute Gasteiger partial charge is 0.492 e. The van der Waals surface area contributed by atoms with Gasteiger partial charge < -0.3 is 14.5 Å². The monoisotopic (exact) mass is 126 g/mol. The van der Waals surface area contributed by atoms with E-state index in [0.29, 0.717) is 11.2 Å². The van der Waals surface area contributed by atoms with Gasteiger partial charge in [-0.25, -0.2) is 0 Å². The third-order valence-electron chi connectivity index (χ3n) is 1.18. The Morgan fingerprint density at radius 3 is 2.44 bits per heavy atom. The predicted molar refractivity (Wildman–Crippen MR) is 33.3 cm³/mol. The summed E-state index contributed by atoms with van der Waals surface area (Å²) in [5, 5.41) is 17.2. The van der Waals surface area contributed by atoms with Crippen LogP contribution in [0.15, 0.2) is 16.7 Å². The van der Waals surface area contributed by atoms with E-state index in [1.165, 1.54) is 12.3 Å². The summed E-state index contributed by atoms with van der Waals surface area (Å²) in [7, 11) is -1.41. The van der Waals surface area contributed by atoms with E-state index in [1.807, 2.05) is 0 Å². The Hall–Kier alpha value is -0.735. The quantitative estimate of drug-likeness (QED) is 0.487. The van der Waals surface area contributed by atoms with E-state index in [0.717, 1.165) is 0 Å². The zero-order valence-electron chi connectivity index (χ0n) is 5.03. The van der Waals surface area contributed by atoms with E-state index >= 15 is 0 Å². The van der Waals surface area contributed by atoms with E-state index in [2.05, 4.69) is 0 Å². The Kier molecular flexibility index (Phi) is 1.59. The highest BCUT2D eigenvalue weighted by molar-refractivity contribution is 6.59. The molecule has 1 heterocycles. The van der Waals surface area contributed by atoms with Gasteiger partial charge in [-0.3, -0.25) is 0 Å². The van der Waals surface area contributed by atoms with Crippen molar-refractivity contribution < 1.29 is 14.5 Å². The van der Waals surface area contributed by atoms with Gasteiger partial charge in [0.05, 0.1) is 6.26 Å². The van der Waals surface area contributed by atoms with Gasteiger partial charge in [0, 0.05) is 5.46 Å². The lowest BCUT2D eigenvalue weighted by Gasteiger charge is -1.91. The minimum Gasteiger partial charge on any atom is -0.470 e. The smallest absolute Gasteiger partial charge is 0.470 e. The molecule has 0 bridgehead atoms. The van der Waals surface area contributed by atoms with Gasteiger partial charge >= 0.3 is 7.12 Å². The van der Waals surface area contributed by atoms with Crippen molar-refractivity contribution in [2.45, 2.75) is 6.92 Å². The molecule has 0 saturated carbocycles. The molecule has 0 amide bonds. The van der Waals surface area contributed by atoms with Crippen LogP contribution in [0.3, 0.4) is 0 Å². The minimum absolute atomic E-state index is 0.426. The van der Waals surface area contributed by atoms with Crippen molar-refractivity contribution in [1.82, 2.24) is 0 Å². The second-order valence-corrected chi connectivity index (χ2v) is 1.81. The second kappa shape index (κ2) is 2.25. The first-order valence-electron chi connectivity index (χ1n) is 2.62. The topological polar surface area (TPSA) is 53.6 Å². The van der Waals surface area contributed by atoms with Crippen molar-refractivity contribution in [3.8, 4) is 0 Å². The number of aryl methyl sites for hydroxylation is 1. The van der Waals surface area contributed by atoms with E-state index in [-0.39, 0.29) is 0 Å². The molecular weight excluding hydrogens is 119 g/mol. The van der Waals surface area contributed by atoms with Crippen LogP contribution >= 0.6 is 0 Å². The number of furan rings is 1. The molecule has 3 nitrogen and oxygen atoms in total. The first-order valence-corrected chi connectivity index (χ1v) is 2.62. The van der Waals surface area contributed by atoms with Crippen molar-refractivity contribution in [3.63, 3.8) is 0 Å². The fourth-order valence-corrected chi connectivity index (χ4v) is 0.663. The van der Waals surface area contributed by atoms with Crippen molar-refractivity contribution in [1.29, 1.82) is 0 Å². The normalized spacial score (nSPS) is 9.67. The van der Waals surface area contributed by atoms with Crippen LogP contribution in [-0.2, 0) is 0 Å². The lowest BCUT2D eigenvalue weighted by molar-refractivity contribution is 0.424. The third-order valence-corrected chi connectivity index (χ3v) is 1.18. The molecule has 0 atom stereocenters. The average molecular weight is 126 g/mol. The Bertz CT molecular complexity index is 194. The van der Waals surface area contributed by atoms with Crippen LogP contribution in [0.5, 0.6) is 0 Å². The highest BCUT2D eigenvalue weighted by Gasteiger charge is 2.14. The maximum atomic E-state index is 8.59. The fraction of sp³-hybridized carbons (Fsp3) is 0.200. The SMILES string of the molecule is Cc1occc1B(O)O. The molecule has 0 aromatic carbocycles. The fourth-order valence-electron chi connectivity index (χ4n) is 0.663. The number of rotatable bonds is 1. The molecule has 48 valence electrons. The number of hydrogen-bond donors (Lipinski definition) is 2. The molecule has 0 radical (unpaired) electrons. The molecule has 0 aliphatic carbocycles. The molecule has 0 aliphatic rings. The van der Waals surface area contributed by atoms with Gasteiger partial charge in [0.15, 0.2) is 0 Å². The Morgan fingerprint density at radius 2 is 2.22 bits per heavy atom. The van der Waals surface area contributed by atoms with E-state index < -0.39 is 7.12 Å². The van der Waals surface area contributed by atoms with Gasteiger partial charge in [0.1, 0.15) is 5.76 Å². The summed E-state index contributed by atoms with van der Waals surface area (Å²) < 4.78 is 4.81. The molecular formula is C5H7BO3. The molecule has 1 rings (SSSR count). The standard InChI is InChI=1S/C5H7BO3/c1-4-5(6(7)8)2-3-9-4/h2-3,7-8H,1H3. The van der Waals surface area contributed by atoms with Crippen molar-refractivity contribution in [2.75, 3.05) is 0 Å². The molecule has 9 heavy (non-hydrogen) atoms. The third kappa shape index (κ3) is 1.14. The summed E-state index contributed by atoms with van der Waals surface area (Å²) in [6.45, 7) is 1.68. The number of hydrogen-bond acceptors (Lipinski definition) is 3. The van der Waals surface area contributed by atoms with Gasteiger partial charge in [-0.15, -0.1) is 0 Å². The van der Waals surface area contributed by atoms with Crippen LogP contribution in [-0.4, -0.2) is 17.2 Å². The molecule has 0 aliphatic heterocycles. The van der Waals surface area contributed by atoms with Gasteiger partial charge in [0.25, 0.3) is 0 Å². The maximum Gasteiger partial charge on any atom is 0.492 e. The average Bonchev–Trinajstić information content (AvgIpc) is 2.13. The first-order chi connectivity index (χ1) is 4.22. The second-order valence-electron chi connectivity index (χ2n) is 1.81. The van der Waals surface area contributed by atoms with Crippen LogP contribution in [0.25, 0.3) is 0 Å². The van der Waals surface area contributed by atoms with E-state index in [1.54, 1.807) is 6.92 Å². The van der Waals surface area contributed by atoms with Crippen molar-refractivity contribution >= 4 is 12.6 Å². The predicted octanol–water partition coefficient (Wildman–Crippen LogP) is -0.732. The molecule has 0 fully saturated rings. The Morgan fingerprint density at radius 1 is 1.56 bits per heavy atom. The summed E-state index contributed by atoms with van der Waals surface area (Å²) in [5.41, 5.74) is 0.426. The van der Waals surface area contributed by atoms with Crippen molar-refractivity contribution in [2.24, 2.45) is 0 Å². The lowest BCUT2D eigenvalue weighted by atomic mass is 9.81. The molecule has 0 unspecified atom stereocenters. The molecule has 1 aromatic heterocycles. The molecule has 4 heteroatoms. The van der Waals surface area contributed by atoms with E-state index in [4.69, 9.17) is 14.5 Å². The Labute approximate surface area is 53.1 Å². The molecule has 0 saturated heterocycles. The molecule has 2 N–H and O–H groups in total. The zero-order valence-corrected chi connectivity index (χ0v) is 5.03. The zero-order chi connectivity index (χ0) is 6.85. The van der Waals surface area contributed by atoms with Crippen LogP contribution in [0, 0.1) is 6.92 Å². The highest BCUT2D eigenvalue weighted by atomic mass is 16.4. The summed E-state index contributed by atoms with van der Waals surface area (Å²) >= 11 is 0. The van der Waals surface area contributed by atoms with Crippen LogP contribution in [0.4, 0.5) is 0 Å². The lowest BCUT2D eigenvalue weighted by Crippen LogP contribution is -2.30.